The van der Waals surface area contributed by atoms with Crippen LogP contribution in [0.3, 0.4) is 0 Å². The minimum atomic E-state index is -0.291. The molecule has 1 aliphatic heterocycles. The molecule has 2 aliphatic rings. The summed E-state index contributed by atoms with van der Waals surface area (Å²) in [5.74, 6) is 0.967. The van der Waals surface area contributed by atoms with E-state index in [2.05, 4.69) is 15.2 Å². The molecular formula is C18H17FN4O2. The van der Waals surface area contributed by atoms with Crippen molar-refractivity contribution in [3.63, 3.8) is 0 Å². The Morgan fingerprint density at radius 2 is 2.12 bits per heavy atom. The van der Waals surface area contributed by atoms with E-state index in [4.69, 9.17) is 9.26 Å². The average molecular weight is 340 g/mol. The predicted octanol–water partition coefficient (Wildman–Crippen LogP) is 3.05. The van der Waals surface area contributed by atoms with Crippen LogP contribution in [0.2, 0.25) is 0 Å². The number of hydrogen-bond donors (Lipinski definition) is 0. The highest BCUT2D eigenvalue weighted by Crippen LogP contribution is 2.34. The summed E-state index contributed by atoms with van der Waals surface area (Å²) >= 11 is 0. The molecule has 0 saturated carbocycles. The van der Waals surface area contributed by atoms with E-state index in [0.717, 1.165) is 43.5 Å². The molecule has 5 rings (SSSR count). The Balaban J connectivity index is 1.59. The third kappa shape index (κ3) is 2.38. The summed E-state index contributed by atoms with van der Waals surface area (Å²) < 4.78 is 26.8. The standard InChI is InChI=1S/C18H17FN4O2/c19-13-5-1-2-6-15(13)23-14-7-3-4-12(14)16(21-23)18-20-17(22-25-18)11-8-9-24-10-11/h1-2,5-6,11H,3-4,7-10H2. The Morgan fingerprint density at radius 1 is 1.20 bits per heavy atom. The molecule has 128 valence electrons. The lowest BCUT2D eigenvalue weighted by molar-refractivity contribution is 0.192. The number of hydrogen-bond acceptors (Lipinski definition) is 5. The van der Waals surface area contributed by atoms with Gasteiger partial charge in [-0.05, 0) is 37.8 Å². The predicted molar refractivity (Wildman–Crippen MR) is 87.0 cm³/mol. The molecule has 6 nitrogen and oxygen atoms in total. The molecule has 1 saturated heterocycles. The van der Waals surface area contributed by atoms with E-state index in [-0.39, 0.29) is 11.7 Å². The lowest BCUT2D eigenvalue weighted by Gasteiger charge is -2.06. The molecule has 1 aliphatic carbocycles. The summed E-state index contributed by atoms with van der Waals surface area (Å²) in [5, 5.41) is 8.73. The lowest BCUT2D eigenvalue weighted by Crippen LogP contribution is -2.03. The van der Waals surface area contributed by atoms with Crippen molar-refractivity contribution in [3.05, 3.63) is 47.2 Å². The van der Waals surface area contributed by atoms with Gasteiger partial charge >= 0.3 is 0 Å². The van der Waals surface area contributed by atoms with Gasteiger partial charge < -0.3 is 9.26 Å². The number of aromatic nitrogens is 4. The molecule has 0 amide bonds. The van der Waals surface area contributed by atoms with Gasteiger partial charge in [0.05, 0.1) is 6.61 Å². The maximum Gasteiger partial charge on any atom is 0.278 e. The molecule has 1 fully saturated rings. The number of halogens is 1. The van der Waals surface area contributed by atoms with Crippen molar-refractivity contribution in [2.45, 2.75) is 31.6 Å². The smallest absolute Gasteiger partial charge is 0.278 e. The van der Waals surface area contributed by atoms with Gasteiger partial charge in [0.1, 0.15) is 11.5 Å². The Bertz CT molecular complexity index is 927. The molecule has 0 radical (unpaired) electrons. The topological polar surface area (TPSA) is 66.0 Å². The number of benzene rings is 1. The maximum absolute atomic E-state index is 14.2. The van der Waals surface area contributed by atoms with Crippen LogP contribution in [0, 0.1) is 5.82 Å². The summed E-state index contributed by atoms with van der Waals surface area (Å²) in [6, 6.07) is 6.67. The molecule has 7 heteroatoms. The zero-order chi connectivity index (χ0) is 16.8. The van der Waals surface area contributed by atoms with E-state index in [1.807, 2.05) is 6.07 Å². The van der Waals surface area contributed by atoms with Crippen LogP contribution in [-0.4, -0.2) is 33.1 Å². The first-order valence-electron chi connectivity index (χ1n) is 8.58. The Morgan fingerprint density at radius 3 is 2.96 bits per heavy atom. The summed E-state index contributed by atoms with van der Waals surface area (Å²) in [4.78, 5) is 4.54. The van der Waals surface area contributed by atoms with Crippen molar-refractivity contribution >= 4 is 0 Å². The first-order chi connectivity index (χ1) is 12.3. The van der Waals surface area contributed by atoms with Crippen molar-refractivity contribution in [2.75, 3.05) is 13.2 Å². The number of para-hydroxylation sites is 1. The van der Waals surface area contributed by atoms with Crippen LogP contribution in [0.4, 0.5) is 4.39 Å². The normalized spacial score (nSPS) is 19.5. The third-order valence-corrected chi connectivity index (χ3v) is 4.95. The maximum atomic E-state index is 14.2. The lowest BCUT2D eigenvalue weighted by atomic mass is 10.1. The number of nitrogens with zero attached hydrogens (tertiary/aromatic N) is 4. The van der Waals surface area contributed by atoms with Gasteiger partial charge in [-0.15, -0.1) is 0 Å². The third-order valence-electron chi connectivity index (χ3n) is 4.95. The molecule has 1 unspecified atom stereocenters. The summed E-state index contributed by atoms with van der Waals surface area (Å²) in [6.07, 6.45) is 3.68. The monoisotopic (exact) mass is 340 g/mol. The van der Waals surface area contributed by atoms with Crippen LogP contribution < -0.4 is 0 Å². The van der Waals surface area contributed by atoms with Gasteiger partial charge in [0, 0.05) is 23.8 Å². The van der Waals surface area contributed by atoms with Gasteiger partial charge in [-0.1, -0.05) is 17.3 Å². The second kappa shape index (κ2) is 5.77. The molecule has 0 spiro atoms. The summed E-state index contributed by atoms with van der Waals surface area (Å²) in [5.41, 5.74) is 3.24. The number of rotatable bonds is 3. The molecule has 25 heavy (non-hydrogen) atoms. The number of ether oxygens (including phenoxy) is 1. The van der Waals surface area contributed by atoms with Crippen LogP contribution in [-0.2, 0) is 17.6 Å². The molecule has 0 bridgehead atoms. The van der Waals surface area contributed by atoms with E-state index in [9.17, 15) is 4.39 Å². The van der Waals surface area contributed by atoms with Crippen molar-refractivity contribution in [1.29, 1.82) is 0 Å². The Kier molecular flexibility index (Phi) is 3.41. The molecule has 2 aromatic heterocycles. The van der Waals surface area contributed by atoms with E-state index in [1.54, 1.807) is 16.8 Å². The van der Waals surface area contributed by atoms with Gasteiger partial charge in [0.15, 0.2) is 11.5 Å². The molecular weight excluding hydrogens is 323 g/mol. The molecule has 1 atom stereocenters. The molecule has 3 aromatic rings. The van der Waals surface area contributed by atoms with Gasteiger partial charge in [0.25, 0.3) is 5.89 Å². The van der Waals surface area contributed by atoms with Crippen LogP contribution in [0.15, 0.2) is 28.8 Å². The fourth-order valence-corrected chi connectivity index (χ4v) is 3.67. The van der Waals surface area contributed by atoms with Gasteiger partial charge in [-0.3, -0.25) is 0 Å². The minimum Gasteiger partial charge on any atom is -0.381 e. The fraction of sp³-hybridized carbons (Fsp3) is 0.389. The molecule has 3 heterocycles. The van der Waals surface area contributed by atoms with E-state index in [1.165, 1.54) is 6.07 Å². The van der Waals surface area contributed by atoms with Crippen molar-refractivity contribution in [3.8, 4) is 17.3 Å². The van der Waals surface area contributed by atoms with Crippen molar-refractivity contribution < 1.29 is 13.7 Å². The van der Waals surface area contributed by atoms with Gasteiger partial charge in [-0.2, -0.15) is 10.1 Å². The molecule has 1 aromatic carbocycles. The second-order valence-electron chi connectivity index (χ2n) is 6.51. The quantitative estimate of drug-likeness (QED) is 0.733. The zero-order valence-corrected chi connectivity index (χ0v) is 13.6. The fourth-order valence-electron chi connectivity index (χ4n) is 3.67. The van der Waals surface area contributed by atoms with E-state index in [0.29, 0.717) is 29.7 Å². The molecule has 0 N–H and O–H groups in total. The largest absolute Gasteiger partial charge is 0.381 e. The number of fused-ring (bicyclic) bond motifs is 1. The zero-order valence-electron chi connectivity index (χ0n) is 13.6. The Hall–Kier alpha value is -2.54. The SMILES string of the molecule is Fc1ccccc1-n1nc(-c2nc(C3CCOC3)no2)c2c1CCC2. The van der Waals surface area contributed by atoms with Crippen LogP contribution in [0.25, 0.3) is 17.3 Å². The van der Waals surface area contributed by atoms with E-state index < -0.39 is 0 Å². The van der Waals surface area contributed by atoms with Crippen molar-refractivity contribution in [1.82, 2.24) is 19.9 Å². The highest BCUT2D eigenvalue weighted by atomic mass is 19.1. The Labute approximate surface area is 143 Å². The highest BCUT2D eigenvalue weighted by molar-refractivity contribution is 5.58. The highest BCUT2D eigenvalue weighted by Gasteiger charge is 2.29. The average Bonchev–Trinajstić information content (AvgIpc) is 3.38. The summed E-state index contributed by atoms with van der Waals surface area (Å²) in [7, 11) is 0. The van der Waals surface area contributed by atoms with E-state index >= 15 is 0 Å². The van der Waals surface area contributed by atoms with Crippen LogP contribution in [0.1, 0.15) is 35.8 Å². The second-order valence-corrected chi connectivity index (χ2v) is 6.51. The van der Waals surface area contributed by atoms with Crippen LogP contribution in [0.5, 0.6) is 0 Å². The first kappa shape index (κ1) is 14.8. The van der Waals surface area contributed by atoms with Crippen molar-refractivity contribution in [2.24, 2.45) is 0 Å². The first-order valence-corrected chi connectivity index (χ1v) is 8.58. The van der Waals surface area contributed by atoms with Crippen LogP contribution >= 0.6 is 0 Å². The van der Waals surface area contributed by atoms with Gasteiger partial charge in [-0.25, -0.2) is 9.07 Å². The minimum absolute atomic E-state index is 0.180. The summed E-state index contributed by atoms with van der Waals surface area (Å²) in [6.45, 7) is 1.35. The van der Waals surface area contributed by atoms with Gasteiger partial charge in [0.2, 0.25) is 0 Å².